The van der Waals surface area contributed by atoms with Crippen molar-refractivity contribution in [1.29, 1.82) is 0 Å². The van der Waals surface area contributed by atoms with Crippen LogP contribution < -0.4 is 5.32 Å². The third-order valence-electron chi connectivity index (χ3n) is 3.25. The summed E-state index contributed by atoms with van der Waals surface area (Å²) in [5, 5.41) is 11.8. The maximum absolute atomic E-state index is 12.1. The number of hydrogen-bond acceptors (Lipinski definition) is 6. The number of carbonyl (C=O) groups is 2. The first-order valence-electron chi connectivity index (χ1n) is 7.12. The van der Waals surface area contributed by atoms with E-state index in [4.69, 9.17) is 4.74 Å². The summed E-state index contributed by atoms with van der Waals surface area (Å²) >= 11 is 1.27. The summed E-state index contributed by atoms with van der Waals surface area (Å²) in [6, 6.07) is 1.78. The molecule has 22 heavy (non-hydrogen) atoms. The number of H-pyrrole nitrogens is 1. The number of aromatic nitrogens is 3. The van der Waals surface area contributed by atoms with E-state index >= 15 is 0 Å². The number of hydrogen-bond donors (Lipinski definition) is 2. The zero-order valence-corrected chi connectivity index (χ0v) is 12.9. The van der Waals surface area contributed by atoms with Crippen molar-refractivity contribution in [1.82, 2.24) is 15.2 Å². The van der Waals surface area contributed by atoms with Crippen molar-refractivity contribution in [3.8, 4) is 0 Å². The van der Waals surface area contributed by atoms with Crippen LogP contribution in [0.3, 0.4) is 0 Å². The van der Waals surface area contributed by atoms with Crippen LogP contribution in [-0.4, -0.2) is 33.7 Å². The van der Waals surface area contributed by atoms with Crippen LogP contribution in [0.1, 0.15) is 47.6 Å². The van der Waals surface area contributed by atoms with Crippen LogP contribution in [0.25, 0.3) is 0 Å². The lowest BCUT2D eigenvalue weighted by Gasteiger charge is -1.99. The SMILES string of the molecule is CCOC(=O)Cc1csc(NC(=O)c2cc(C3CC3)[nH]n2)n1. The Bertz CT molecular complexity index is 690. The van der Waals surface area contributed by atoms with Crippen LogP contribution in [0, 0.1) is 0 Å². The lowest BCUT2D eigenvalue weighted by molar-refractivity contribution is -0.142. The van der Waals surface area contributed by atoms with Crippen molar-refractivity contribution in [2.75, 3.05) is 11.9 Å². The van der Waals surface area contributed by atoms with E-state index in [1.54, 1.807) is 18.4 Å². The van der Waals surface area contributed by atoms with Gasteiger partial charge in [-0.15, -0.1) is 11.3 Å². The molecule has 1 amide bonds. The Morgan fingerprint density at radius 1 is 1.50 bits per heavy atom. The van der Waals surface area contributed by atoms with Gasteiger partial charge in [-0.05, 0) is 25.8 Å². The van der Waals surface area contributed by atoms with E-state index < -0.39 is 0 Å². The van der Waals surface area contributed by atoms with Gasteiger partial charge in [-0.25, -0.2) is 4.98 Å². The fraction of sp³-hybridized carbons (Fsp3) is 0.429. The molecule has 0 unspecified atom stereocenters. The van der Waals surface area contributed by atoms with Crippen LogP contribution in [0.15, 0.2) is 11.4 Å². The highest BCUT2D eigenvalue weighted by Gasteiger charge is 2.26. The highest BCUT2D eigenvalue weighted by molar-refractivity contribution is 7.14. The van der Waals surface area contributed by atoms with E-state index in [1.165, 1.54) is 11.3 Å². The van der Waals surface area contributed by atoms with Gasteiger partial charge in [-0.2, -0.15) is 5.10 Å². The standard InChI is InChI=1S/C14H16N4O3S/c1-2-21-12(19)5-9-7-22-14(15-9)16-13(20)11-6-10(17-18-11)8-3-4-8/h6-8H,2-5H2,1H3,(H,17,18)(H,15,16,20). The predicted molar refractivity (Wildman–Crippen MR) is 81.0 cm³/mol. The quantitative estimate of drug-likeness (QED) is 0.794. The molecule has 3 rings (SSSR count). The fourth-order valence-electron chi connectivity index (χ4n) is 2.02. The minimum atomic E-state index is -0.327. The van der Waals surface area contributed by atoms with Crippen LogP contribution in [-0.2, 0) is 16.0 Å². The Hall–Kier alpha value is -2.22. The van der Waals surface area contributed by atoms with E-state index in [9.17, 15) is 9.59 Å². The Labute approximate surface area is 131 Å². The summed E-state index contributed by atoms with van der Waals surface area (Å²) in [4.78, 5) is 27.7. The van der Waals surface area contributed by atoms with Gasteiger partial charge in [-0.3, -0.25) is 20.0 Å². The van der Waals surface area contributed by atoms with E-state index in [0.717, 1.165) is 18.5 Å². The zero-order valence-electron chi connectivity index (χ0n) is 12.1. The molecule has 1 aliphatic rings. The van der Waals surface area contributed by atoms with Crippen LogP contribution in [0.5, 0.6) is 0 Å². The molecule has 0 saturated heterocycles. The summed E-state index contributed by atoms with van der Waals surface area (Å²) in [7, 11) is 0. The zero-order chi connectivity index (χ0) is 15.5. The molecule has 2 N–H and O–H groups in total. The van der Waals surface area contributed by atoms with Crippen molar-refractivity contribution in [3.05, 3.63) is 28.5 Å². The average molecular weight is 320 g/mol. The number of amides is 1. The Morgan fingerprint density at radius 3 is 3.05 bits per heavy atom. The van der Waals surface area contributed by atoms with Crippen LogP contribution in [0.2, 0.25) is 0 Å². The summed E-state index contributed by atoms with van der Waals surface area (Å²) < 4.78 is 4.86. The molecular weight excluding hydrogens is 304 g/mol. The molecule has 1 fully saturated rings. The number of aromatic amines is 1. The van der Waals surface area contributed by atoms with Crippen LogP contribution >= 0.6 is 11.3 Å². The van der Waals surface area contributed by atoms with Gasteiger partial charge in [0.1, 0.15) is 0 Å². The molecule has 0 spiro atoms. The summed E-state index contributed by atoms with van der Waals surface area (Å²) in [5.41, 5.74) is 1.94. The monoisotopic (exact) mass is 320 g/mol. The lowest BCUT2D eigenvalue weighted by atomic mass is 10.2. The maximum Gasteiger partial charge on any atom is 0.311 e. The third kappa shape index (κ3) is 3.51. The topological polar surface area (TPSA) is 97.0 Å². The molecule has 116 valence electrons. The largest absolute Gasteiger partial charge is 0.466 e. The first kappa shape index (κ1) is 14.7. The Morgan fingerprint density at radius 2 is 2.32 bits per heavy atom. The molecule has 2 aromatic heterocycles. The predicted octanol–water partition coefficient (Wildman–Crippen LogP) is 2.10. The molecule has 7 nitrogen and oxygen atoms in total. The smallest absolute Gasteiger partial charge is 0.311 e. The second-order valence-corrected chi connectivity index (χ2v) is 5.92. The summed E-state index contributed by atoms with van der Waals surface area (Å²) in [6.07, 6.45) is 2.40. The van der Waals surface area contributed by atoms with Crippen molar-refractivity contribution >= 4 is 28.3 Å². The minimum Gasteiger partial charge on any atom is -0.466 e. The van der Waals surface area contributed by atoms with Gasteiger partial charge in [0.2, 0.25) is 0 Å². The minimum absolute atomic E-state index is 0.106. The Balaban J connectivity index is 1.59. The number of ether oxygens (including phenoxy) is 1. The van der Waals surface area contributed by atoms with Crippen molar-refractivity contribution in [2.24, 2.45) is 0 Å². The second kappa shape index (κ2) is 6.27. The third-order valence-corrected chi connectivity index (χ3v) is 4.06. The van der Waals surface area contributed by atoms with Crippen molar-refractivity contribution < 1.29 is 14.3 Å². The summed E-state index contributed by atoms with van der Waals surface area (Å²) in [6.45, 7) is 2.10. The normalized spacial score (nSPS) is 13.9. The van der Waals surface area contributed by atoms with Gasteiger partial charge in [0, 0.05) is 17.0 Å². The first-order valence-corrected chi connectivity index (χ1v) is 8.00. The highest BCUT2D eigenvalue weighted by atomic mass is 32.1. The second-order valence-electron chi connectivity index (χ2n) is 5.06. The van der Waals surface area contributed by atoms with E-state index in [-0.39, 0.29) is 18.3 Å². The van der Waals surface area contributed by atoms with Gasteiger partial charge in [-0.1, -0.05) is 0 Å². The number of thiazole rings is 1. The van der Waals surface area contributed by atoms with Gasteiger partial charge < -0.3 is 4.74 Å². The number of nitrogens with one attached hydrogen (secondary N) is 2. The van der Waals surface area contributed by atoms with E-state index in [2.05, 4.69) is 20.5 Å². The molecular formula is C14H16N4O3S. The molecule has 0 atom stereocenters. The fourth-order valence-corrected chi connectivity index (χ4v) is 2.73. The van der Waals surface area contributed by atoms with Crippen LogP contribution in [0.4, 0.5) is 5.13 Å². The van der Waals surface area contributed by atoms with Crippen molar-refractivity contribution in [2.45, 2.75) is 32.1 Å². The molecule has 2 heterocycles. The van der Waals surface area contributed by atoms with Gasteiger partial charge >= 0.3 is 5.97 Å². The molecule has 0 radical (unpaired) electrons. The molecule has 0 aliphatic heterocycles. The highest BCUT2D eigenvalue weighted by Crippen LogP contribution is 2.39. The van der Waals surface area contributed by atoms with Gasteiger partial charge in [0.25, 0.3) is 5.91 Å². The molecule has 8 heteroatoms. The molecule has 1 aliphatic carbocycles. The number of anilines is 1. The van der Waals surface area contributed by atoms with E-state index in [1.807, 2.05) is 0 Å². The number of esters is 1. The number of carbonyl (C=O) groups excluding carboxylic acids is 2. The first-order chi connectivity index (χ1) is 10.7. The van der Waals surface area contributed by atoms with Gasteiger partial charge in [0.15, 0.2) is 10.8 Å². The average Bonchev–Trinajstić information content (AvgIpc) is 3.05. The van der Waals surface area contributed by atoms with Crippen molar-refractivity contribution in [3.63, 3.8) is 0 Å². The summed E-state index contributed by atoms with van der Waals surface area (Å²) in [5.74, 6) is -0.114. The molecule has 2 aromatic rings. The Kier molecular flexibility index (Phi) is 4.19. The van der Waals surface area contributed by atoms with E-state index in [0.29, 0.717) is 29.0 Å². The maximum atomic E-state index is 12.1. The number of nitrogens with zero attached hydrogens (tertiary/aromatic N) is 2. The molecule has 0 bridgehead atoms. The number of rotatable bonds is 6. The molecule has 1 saturated carbocycles. The molecule has 0 aromatic carbocycles. The lowest BCUT2D eigenvalue weighted by Crippen LogP contribution is -2.12. The van der Waals surface area contributed by atoms with Gasteiger partial charge in [0.05, 0.1) is 18.7 Å².